The Labute approximate surface area is 99.9 Å². The Morgan fingerprint density at radius 2 is 2.00 bits per heavy atom. The van der Waals surface area contributed by atoms with Crippen molar-refractivity contribution in [3.05, 3.63) is 35.4 Å². The Hall–Kier alpha value is -1.43. The van der Waals surface area contributed by atoms with Gasteiger partial charge in [-0.2, -0.15) is 0 Å². The zero-order valence-corrected chi connectivity index (χ0v) is 9.72. The minimum Gasteiger partial charge on any atom is -0.478 e. The minimum atomic E-state index is -0.954. The van der Waals surface area contributed by atoms with E-state index in [0.29, 0.717) is 18.8 Å². The maximum absolute atomic E-state index is 10.9. The number of carboxylic acids is 1. The SMILES string of the molecule is COCCOCOCc1ccccc1C(=O)O. The summed E-state index contributed by atoms with van der Waals surface area (Å²) in [5.74, 6) is -0.954. The van der Waals surface area contributed by atoms with Crippen molar-refractivity contribution in [3.8, 4) is 0 Å². The van der Waals surface area contributed by atoms with Gasteiger partial charge in [0.05, 0.1) is 25.4 Å². The van der Waals surface area contributed by atoms with E-state index in [1.165, 1.54) is 0 Å². The number of hydrogen-bond acceptors (Lipinski definition) is 4. The molecular formula is C12H16O5. The van der Waals surface area contributed by atoms with Gasteiger partial charge in [-0.3, -0.25) is 0 Å². The van der Waals surface area contributed by atoms with Gasteiger partial charge in [0, 0.05) is 7.11 Å². The van der Waals surface area contributed by atoms with E-state index in [1.807, 2.05) is 0 Å². The van der Waals surface area contributed by atoms with Crippen LogP contribution in [0.3, 0.4) is 0 Å². The number of rotatable bonds is 8. The highest BCUT2D eigenvalue weighted by Crippen LogP contribution is 2.09. The topological polar surface area (TPSA) is 65.0 Å². The highest BCUT2D eigenvalue weighted by Gasteiger charge is 2.08. The first-order valence-electron chi connectivity index (χ1n) is 5.21. The van der Waals surface area contributed by atoms with Crippen molar-refractivity contribution in [2.75, 3.05) is 27.1 Å². The molecule has 0 fully saturated rings. The molecule has 0 heterocycles. The monoisotopic (exact) mass is 240 g/mol. The van der Waals surface area contributed by atoms with E-state index in [9.17, 15) is 4.79 Å². The van der Waals surface area contributed by atoms with Gasteiger partial charge in [-0.15, -0.1) is 0 Å². The van der Waals surface area contributed by atoms with Crippen LogP contribution < -0.4 is 0 Å². The lowest BCUT2D eigenvalue weighted by molar-refractivity contribution is -0.0726. The summed E-state index contributed by atoms with van der Waals surface area (Å²) in [7, 11) is 1.59. The first kappa shape index (κ1) is 13.6. The highest BCUT2D eigenvalue weighted by atomic mass is 16.7. The Balaban J connectivity index is 2.34. The second kappa shape index (κ2) is 7.78. The standard InChI is InChI=1S/C12H16O5/c1-15-6-7-16-9-17-8-10-4-2-3-5-11(10)12(13)14/h2-5H,6-9H2,1H3,(H,13,14). The van der Waals surface area contributed by atoms with Crippen molar-refractivity contribution in [2.24, 2.45) is 0 Å². The molecule has 1 aromatic carbocycles. The molecule has 1 rings (SSSR count). The van der Waals surface area contributed by atoms with Crippen LogP contribution in [0.25, 0.3) is 0 Å². The highest BCUT2D eigenvalue weighted by molar-refractivity contribution is 5.89. The quantitative estimate of drug-likeness (QED) is 0.551. The van der Waals surface area contributed by atoms with Crippen molar-refractivity contribution in [1.29, 1.82) is 0 Å². The summed E-state index contributed by atoms with van der Waals surface area (Å²) in [5, 5.41) is 8.93. The van der Waals surface area contributed by atoms with E-state index in [2.05, 4.69) is 0 Å². The van der Waals surface area contributed by atoms with Crippen molar-refractivity contribution in [3.63, 3.8) is 0 Å². The van der Waals surface area contributed by atoms with E-state index in [4.69, 9.17) is 19.3 Å². The van der Waals surface area contributed by atoms with Gasteiger partial charge < -0.3 is 19.3 Å². The van der Waals surface area contributed by atoms with Gasteiger partial charge >= 0.3 is 5.97 Å². The minimum absolute atomic E-state index is 0.122. The first-order chi connectivity index (χ1) is 8.25. The molecule has 5 nitrogen and oxygen atoms in total. The Bertz CT molecular complexity index is 351. The molecule has 1 N–H and O–H groups in total. The summed E-state index contributed by atoms with van der Waals surface area (Å²) in [6, 6.07) is 6.73. The number of benzene rings is 1. The molecule has 0 bridgehead atoms. The maximum Gasteiger partial charge on any atom is 0.336 e. The number of ether oxygens (including phenoxy) is 3. The van der Waals surface area contributed by atoms with E-state index in [1.54, 1.807) is 31.4 Å². The lowest BCUT2D eigenvalue weighted by atomic mass is 10.1. The summed E-state index contributed by atoms with van der Waals surface area (Å²) in [4.78, 5) is 10.9. The third kappa shape index (κ3) is 4.95. The molecule has 5 heteroatoms. The fraction of sp³-hybridized carbons (Fsp3) is 0.417. The third-order valence-electron chi connectivity index (χ3n) is 2.10. The summed E-state index contributed by atoms with van der Waals surface area (Å²) in [5.41, 5.74) is 0.889. The predicted molar refractivity (Wildman–Crippen MR) is 60.9 cm³/mol. The molecule has 0 saturated heterocycles. The smallest absolute Gasteiger partial charge is 0.336 e. The van der Waals surface area contributed by atoms with E-state index < -0.39 is 5.97 Å². The van der Waals surface area contributed by atoms with Gasteiger partial charge in [-0.05, 0) is 11.6 Å². The van der Waals surface area contributed by atoms with Crippen molar-refractivity contribution < 1.29 is 24.1 Å². The van der Waals surface area contributed by atoms with Crippen LogP contribution in [0.5, 0.6) is 0 Å². The molecule has 0 atom stereocenters. The Morgan fingerprint density at radius 1 is 1.24 bits per heavy atom. The summed E-state index contributed by atoms with van der Waals surface area (Å²) >= 11 is 0. The first-order valence-corrected chi connectivity index (χ1v) is 5.21. The average Bonchev–Trinajstić information content (AvgIpc) is 2.34. The maximum atomic E-state index is 10.9. The average molecular weight is 240 g/mol. The van der Waals surface area contributed by atoms with E-state index >= 15 is 0 Å². The number of carbonyl (C=O) groups is 1. The molecule has 1 aromatic rings. The van der Waals surface area contributed by atoms with Crippen LogP contribution in [0.15, 0.2) is 24.3 Å². The van der Waals surface area contributed by atoms with Gasteiger partial charge in [-0.25, -0.2) is 4.79 Å². The number of carboxylic acid groups (broad SMARTS) is 1. The Morgan fingerprint density at radius 3 is 2.71 bits per heavy atom. The summed E-state index contributed by atoms with van der Waals surface area (Å²) in [6.45, 7) is 1.30. The van der Waals surface area contributed by atoms with Crippen LogP contribution in [0.4, 0.5) is 0 Å². The van der Waals surface area contributed by atoms with Crippen LogP contribution in [-0.2, 0) is 20.8 Å². The molecule has 0 amide bonds. The molecule has 0 aliphatic heterocycles. The molecule has 17 heavy (non-hydrogen) atoms. The number of methoxy groups -OCH3 is 1. The van der Waals surface area contributed by atoms with Crippen LogP contribution in [-0.4, -0.2) is 38.2 Å². The second-order valence-electron chi connectivity index (χ2n) is 3.33. The van der Waals surface area contributed by atoms with Crippen molar-refractivity contribution >= 4 is 5.97 Å². The Kier molecular flexibility index (Phi) is 6.24. The molecule has 0 spiro atoms. The zero-order chi connectivity index (χ0) is 12.5. The van der Waals surface area contributed by atoms with Gasteiger partial charge in [0.2, 0.25) is 0 Å². The zero-order valence-electron chi connectivity index (χ0n) is 9.72. The lowest BCUT2D eigenvalue weighted by Crippen LogP contribution is -2.08. The van der Waals surface area contributed by atoms with E-state index in [0.717, 1.165) is 0 Å². The molecule has 0 aliphatic carbocycles. The van der Waals surface area contributed by atoms with Gasteiger partial charge in [0.25, 0.3) is 0 Å². The molecular weight excluding hydrogens is 224 g/mol. The second-order valence-corrected chi connectivity index (χ2v) is 3.33. The predicted octanol–water partition coefficient (Wildman–Crippen LogP) is 1.52. The van der Waals surface area contributed by atoms with Gasteiger partial charge in [0.1, 0.15) is 6.79 Å². The molecule has 0 aromatic heterocycles. The summed E-state index contributed by atoms with van der Waals surface area (Å²) < 4.78 is 15.1. The normalized spacial score (nSPS) is 10.4. The van der Waals surface area contributed by atoms with Gasteiger partial charge in [0.15, 0.2) is 0 Å². The largest absolute Gasteiger partial charge is 0.478 e. The number of aromatic carboxylic acids is 1. The van der Waals surface area contributed by atoms with Crippen molar-refractivity contribution in [1.82, 2.24) is 0 Å². The van der Waals surface area contributed by atoms with Gasteiger partial charge in [-0.1, -0.05) is 18.2 Å². The van der Waals surface area contributed by atoms with Crippen LogP contribution >= 0.6 is 0 Å². The summed E-state index contributed by atoms with van der Waals surface area (Å²) in [6.07, 6.45) is 0. The molecule has 0 unspecified atom stereocenters. The molecule has 0 saturated carbocycles. The fourth-order valence-electron chi connectivity index (χ4n) is 1.27. The molecule has 94 valence electrons. The lowest BCUT2D eigenvalue weighted by Gasteiger charge is -2.07. The molecule has 0 radical (unpaired) electrons. The van der Waals surface area contributed by atoms with E-state index in [-0.39, 0.29) is 19.0 Å². The molecule has 0 aliphatic rings. The van der Waals surface area contributed by atoms with Crippen LogP contribution in [0.1, 0.15) is 15.9 Å². The van der Waals surface area contributed by atoms with Crippen LogP contribution in [0.2, 0.25) is 0 Å². The fourth-order valence-corrected chi connectivity index (χ4v) is 1.27. The third-order valence-corrected chi connectivity index (χ3v) is 2.10. The van der Waals surface area contributed by atoms with Crippen LogP contribution in [0, 0.1) is 0 Å². The number of hydrogen-bond donors (Lipinski definition) is 1. The van der Waals surface area contributed by atoms with Crippen molar-refractivity contribution in [2.45, 2.75) is 6.61 Å².